The summed E-state index contributed by atoms with van der Waals surface area (Å²) in [5, 5.41) is 9.68. The molecule has 17 heavy (non-hydrogen) atoms. The van der Waals surface area contributed by atoms with Gasteiger partial charge >= 0.3 is 5.69 Å². The van der Waals surface area contributed by atoms with Crippen molar-refractivity contribution in [3.8, 4) is 11.6 Å². The summed E-state index contributed by atoms with van der Waals surface area (Å²) in [6, 6.07) is 6.38. The van der Waals surface area contributed by atoms with Gasteiger partial charge in [0.15, 0.2) is 0 Å². The van der Waals surface area contributed by atoms with Gasteiger partial charge in [-0.2, -0.15) is 0 Å². The fourth-order valence-electron chi connectivity index (χ4n) is 1.69. The molecule has 5 nitrogen and oxygen atoms in total. The maximum atomic E-state index is 11.7. The third-order valence-corrected chi connectivity index (χ3v) is 2.74. The van der Waals surface area contributed by atoms with Crippen LogP contribution in [-0.4, -0.2) is 14.7 Å². The number of benzene rings is 1. The van der Waals surface area contributed by atoms with Crippen LogP contribution in [0, 0.1) is 13.8 Å². The molecule has 1 aromatic carbocycles. The molecule has 0 saturated carbocycles. The smallest absolute Gasteiger partial charge is 0.335 e. The number of H-pyrrole nitrogens is 1. The maximum Gasteiger partial charge on any atom is 0.335 e. The molecule has 0 aliphatic carbocycles. The molecule has 2 rings (SSSR count). The van der Waals surface area contributed by atoms with E-state index in [0.29, 0.717) is 5.69 Å². The molecule has 2 N–H and O–H groups in total. The highest BCUT2D eigenvalue weighted by molar-refractivity contribution is 5.46. The maximum absolute atomic E-state index is 11.7. The molecule has 0 unspecified atom stereocenters. The summed E-state index contributed by atoms with van der Waals surface area (Å²) in [7, 11) is 0. The SMILES string of the molecule is Cc1cccc(-n2c(O)cc(=O)[nH]c2=O)c1C. The summed E-state index contributed by atoms with van der Waals surface area (Å²) in [5.74, 6) is -0.368. The minimum Gasteiger partial charge on any atom is -0.494 e. The van der Waals surface area contributed by atoms with E-state index in [0.717, 1.165) is 21.8 Å². The molecule has 0 spiro atoms. The largest absolute Gasteiger partial charge is 0.494 e. The van der Waals surface area contributed by atoms with Crippen LogP contribution in [0.3, 0.4) is 0 Å². The summed E-state index contributed by atoms with van der Waals surface area (Å²) in [4.78, 5) is 24.8. The van der Waals surface area contributed by atoms with Gasteiger partial charge in [0.1, 0.15) is 0 Å². The fourth-order valence-corrected chi connectivity index (χ4v) is 1.69. The average molecular weight is 232 g/mol. The van der Waals surface area contributed by atoms with Crippen LogP contribution in [0.4, 0.5) is 0 Å². The Morgan fingerprint density at radius 3 is 2.59 bits per heavy atom. The van der Waals surface area contributed by atoms with Crippen LogP contribution < -0.4 is 11.2 Å². The average Bonchev–Trinajstić information content (AvgIpc) is 2.23. The van der Waals surface area contributed by atoms with E-state index >= 15 is 0 Å². The van der Waals surface area contributed by atoms with Gasteiger partial charge in [0, 0.05) is 0 Å². The van der Waals surface area contributed by atoms with Crippen LogP contribution in [0.25, 0.3) is 5.69 Å². The molecule has 0 fully saturated rings. The Kier molecular flexibility index (Phi) is 2.59. The highest BCUT2D eigenvalue weighted by Gasteiger charge is 2.10. The summed E-state index contributed by atoms with van der Waals surface area (Å²) < 4.78 is 1.07. The van der Waals surface area contributed by atoms with Gasteiger partial charge in [0.05, 0.1) is 11.8 Å². The van der Waals surface area contributed by atoms with Crippen LogP contribution in [0.2, 0.25) is 0 Å². The van der Waals surface area contributed by atoms with E-state index in [2.05, 4.69) is 4.98 Å². The van der Waals surface area contributed by atoms with Crippen molar-refractivity contribution in [2.75, 3.05) is 0 Å². The lowest BCUT2D eigenvalue weighted by Crippen LogP contribution is -2.28. The molecule has 0 atom stereocenters. The Labute approximate surface area is 97.0 Å². The molecular formula is C12H12N2O3. The zero-order valence-electron chi connectivity index (χ0n) is 9.52. The van der Waals surface area contributed by atoms with Crippen LogP contribution in [0.1, 0.15) is 11.1 Å². The van der Waals surface area contributed by atoms with Crippen molar-refractivity contribution in [3.63, 3.8) is 0 Å². The second-order valence-electron chi connectivity index (χ2n) is 3.85. The van der Waals surface area contributed by atoms with E-state index < -0.39 is 11.2 Å². The van der Waals surface area contributed by atoms with Gasteiger partial charge in [0.25, 0.3) is 5.56 Å². The first-order valence-corrected chi connectivity index (χ1v) is 5.12. The lowest BCUT2D eigenvalue weighted by atomic mass is 10.1. The molecule has 88 valence electrons. The van der Waals surface area contributed by atoms with Crippen molar-refractivity contribution < 1.29 is 5.11 Å². The van der Waals surface area contributed by atoms with Crippen LogP contribution >= 0.6 is 0 Å². The van der Waals surface area contributed by atoms with Gasteiger partial charge in [-0.15, -0.1) is 0 Å². The Hall–Kier alpha value is -2.30. The molecule has 0 amide bonds. The molecule has 2 aromatic rings. The van der Waals surface area contributed by atoms with Gasteiger partial charge in [0.2, 0.25) is 5.88 Å². The van der Waals surface area contributed by atoms with Crippen LogP contribution in [-0.2, 0) is 0 Å². The number of aromatic amines is 1. The Balaban J connectivity index is 2.82. The van der Waals surface area contributed by atoms with Crippen molar-refractivity contribution >= 4 is 0 Å². The zero-order valence-corrected chi connectivity index (χ0v) is 9.52. The van der Waals surface area contributed by atoms with Gasteiger partial charge in [-0.3, -0.25) is 9.78 Å². The van der Waals surface area contributed by atoms with Crippen molar-refractivity contribution in [3.05, 3.63) is 56.2 Å². The summed E-state index contributed by atoms with van der Waals surface area (Å²) in [6.45, 7) is 3.76. The van der Waals surface area contributed by atoms with Crippen molar-refractivity contribution in [2.24, 2.45) is 0 Å². The normalized spacial score (nSPS) is 10.5. The lowest BCUT2D eigenvalue weighted by molar-refractivity contribution is 0.431. The highest BCUT2D eigenvalue weighted by atomic mass is 16.3. The van der Waals surface area contributed by atoms with Crippen molar-refractivity contribution in [2.45, 2.75) is 13.8 Å². The van der Waals surface area contributed by atoms with Gasteiger partial charge < -0.3 is 5.11 Å². The third kappa shape index (κ3) is 1.87. The second kappa shape index (κ2) is 3.93. The number of hydrogen-bond donors (Lipinski definition) is 2. The monoisotopic (exact) mass is 232 g/mol. The minimum absolute atomic E-state index is 0.368. The molecule has 0 aliphatic heterocycles. The van der Waals surface area contributed by atoms with Gasteiger partial charge in [-0.05, 0) is 31.0 Å². The minimum atomic E-state index is -0.649. The first kappa shape index (κ1) is 11.2. The molecule has 5 heteroatoms. The van der Waals surface area contributed by atoms with E-state index in [1.54, 1.807) is 12.1 Å². The van der Waals surface area contributed by atoms with Crippen LogP contribution in [0.15, 0.2) is 33.9 Å². The Morgan fingerprint density at radius 2 is 1.94 bits per heavy atom. The van der Waals surface area contributed by atoms with E-state index in [9.17, 15) is 14.7 Å². The standard InChI is InChI=1S/C12H12N2O3/c1-7-4-3-5-9(8(7)2)14-11(16)6-10(15)13-12(14)17/h3-6,16H,1-2H3,(H,13,15,17). The number of hydrogen-bond acceptors (Lipinski definition) is 3. The lowest BCUT2D eigenvalue weighted by Gasteiger charge is -2.11. The topological polar surface area (TPSA) is 75.1 Å². The predicted octanol–water partition coefficient (Wildman–Crippen LogP) is 0.848. The van der Waals surface area contributed by atoms with Gasteiger partial charge in [-0.25, -0.2) is 9.36 Å². The quantitative estimate of drug-likeness (QED) is 0.765. The predicted molar refractivity (Wildman–Crippen MR) is 63.8 cm³/mol. The number of nitrogens with zero attached hydrogens (tertiary/aromatic N) is 1. The molecule has 0 radical (unpaired) electrons. The second-order valence-corrected chi connectivity index (χ2v) is 3.85. The number of aryl methyl sites for hydroxylation is 1. The molecule has 1 aromatic heterocycles. The summed E-state index contributed by atoms with van der Waals surface area (Å²) in [6.07, 6.45) is 0. The van der Waals surface area contributed by atoms with Gasteiger partial charge in [-0.1, -0.05) is 12.1 Å². The number of aromatic hydroxyl groups is 1. The Bertz CT molecular complexity index is 683. The third-order valence-electron chi connectivity index (χ3n) is 2.74. The summed E-state index contributed by atoms with van der Waals surface area (Å²) in [5.41, 5.74) is 1.17. The first-order valence-electron chi connectivity index (χ1n) is 5.12. The molecule has 0 bridgehead atoms. The van der Waals surface area contributed by atoms with E-state index in [-0.39, 0.29) is 5.88 Å². The molecule has 0 aliphatic rings. The van der Waals surface area contributed by atoms with Crippen LogP contribution in [0.5, 0.6) is 5.88 Å². The molecular weight excluding hydrogens is 220 g/mol. The first-order chi connectivity index (χ1) is 8.00. The highest BCUT2D eigenvalue weighted by Crippen LogP contribution is 2.18. The number of aromatic nitrogens is 2. The zero-order chi connectivity index (χ0) is 12.6. The molecule has 0 saturated heterocycles. The van der Waals surface area contributed by atoms with Crippen molar-refractivity contribution in [1.82, 2.24) is 9.55 Å². The summed E-state index contributed by atoms with van der Waals surface area (Å²) >= 11 is 0. The number of nitrogens with one attached hydrogen (secondary N) is 1. The van der Waals surface area contributed by atoms with E-state index in [4.69, 9.17) is 0 Å². The van der Waals surface area contributed by atoms with E-state index in [1.165, 1.54) is 0 Å². The Morgan fingerprint density at radius 1 is 1.24 bits per heavy atom. The fraction of sp³-hybridized carbons (Fsp3) is 0.167. The van der Waals surface area contributed by atoms with E-state index in [1.807, 2.05) is 19.9 Å². The molecule has 1 heterocycles. The van der Waals surface area contributed by atoms with Crippen molar-refractivity contribution in [1.29, 1.82) is 0 Å². The number of rotatable bonds is 1.